The number of pyridine rings is 1. The van der Waals surface area contributed by atoms with E-state index in [1.807, 2.05) is 0 Å². The predicted octanol–water partition coefficient (Wildman–Crippen LogP) is 1.64. The van der Waals surface area contributed by atoms with Crippen LogP contribution in [0.2, 0.25) is 0 Å². The third-order valence-electron chi connectivity index (χ3n) is 0.570. The van der Waals surface area contributed by atoms with Gasteiger partial charge in [0.2, 0.25) is 0 Å². The molecule has 0 saturated carbocycles. The lowest BCUT2D eigenvalue weighted by molar-refractivity contribution is 1.31. The van der Waals surface area contributed by atoms with Crippen LogP contribution in [0, 0.1) is 6.07 Å². The van der Waals surface area contributed by atoms with Crippen LogP contribution in [0.4, 0.5) is 0 Å². The Bertz CT molecular complexity index is 138. The first kappa shape index (κ1) is 4.78. The fourth-order valence-corrected chi connectivity index (χ4v) is 0.556. The van der Waals surface area contributed by atoms with Gasteiger partial charge in [-0.05, 0) is 22.0 Å². The first-order chi connectivity index (χ1) is 3.39. The van der Waals surface area contributed by atoms with Crippen molar-refractivity contribution in [3.05, 3.63) is 29.0 Å². The summed E-state index contributed by atoms with van der Waals surface area (Å²) in [7, 11) is 0. The van der Waals surface area contributed by atoms with E-state index in [1.165, 1.54) is 0 Å². The van der Waals surface area contributed by atoms with E-state index in [-0.39, 0.29) is 0 Å². The monoisotopic (exact) mass is 156 g/mol. The summed E-state index contributed by atoms with van der Waals surface area (Å²) in [6, 6.07) is 4.64. The Morgan fingerprint density at radius 3 is 2.86 bits per heavy atom. The second-order valence-electron chi connectivity index (χ2n) is 1.09. The summed E-state index contributed by atoms with van der Waals surface area (Å²) < 4.78 is 0.898. The number of nitrogens with zero attached hydrogens (tertiary/aromatic N) is 1. The summed E-state index contributed by atoms with van der Waals surface area (Å²) >= 11 is 3.19. The van der Waals surface area contributed by atoms with E-state index in [4.69, 9.17) is 0 Å². The van der Waals surface area contributed by atoms with Crippen LogP contribution in [0.3, 0.4) is 0 Å². The lowest BCUT2D eigenvalue weighted by Crippen LogP contribution is -1.65. The average molecular weight is 157 g/mol. The zero-order valence-electron chi connectivity index (χ0n) is 3.56. The van der Waals surface area contributed by atoms with E-state index in [0.717, 1.165) is 4.47 Å². The van der Waals surface area contributed by atoms with Crippen molar-refractivity contribution in [3.63, 3.8) is 0 Å². The summed E-state index contributed by atoms with van der Waals surface area (Å²) in [6.45, 7) is 0. The molecule has 1 rings (SSSR count). The molecule has 35 valence electrons. The first-order valence-electron chi connectivity index (χ1n) is 1.87. The van der Waals surface area contributed by atoms with Gasteiger partial charge in [0.1, 0.15) is 0 Å². The second kappa shape index (κ2) is 2.07. The number of halogens is 1. The maximum Gasteiger partial charge on any atom is 0.0437 e. The van der Waals surface area contributed by atoms with Crippen LogP contribution in [-0.2, 0) is 0 Å². The van der Waals surface area contributed by atoms with E-state index in [9.17, 15) is 0 Å². The van der Waals surface area contributed by atoms with Gasteiger partial charge in [0.15, 0.2) is 0 Å². The molecule has 0 aromatic carbocycles. The van der Waals surface area contributed by atoms with Crippen LogP contribution in [0.1, 0.15) is 0 Å². The van der Waals surface area contributed by atoms with Crippen molar-refractivity contribution >= 4 is 15.9 Å². The predicted molar refractivity (Wildman–Crippen MR) is 30.8 cm³/mol. The Labute approximate surface area is 50.5 Å². The topological polar surface area (TPSA) is 12.9 Å². The minimum absolute atomic E-state index is 0.898. The van der Waals surface area contributed by atoms with Gasteiger partial charge in [0, 0.05) is 22.9 Å². The van der Waals surface area contributed by atoms with Crippen LogP contribution in [0.15, 0.2) is 22.9 Å². The first-order valence-corrected chi connectivity index (χ1v) is 2.66. The Balaban J connectivity index is 3.02. The minimum atomic E-state index is 0.898. The number of hydrogen-bond acceptors (Lipinski definition) is 1. The Hall–Kier alpha value is -0.370. The van der Waals surface area contributed by atoms with Gasteiger partial charge in [0.25, 0.3) is 0 Å². The molecule has 0 atom stereocenters. The van der Waals surface area contributed by atoms with Crippen LogP contribution >= 0.6 is 15.9 Å². The number of hydrogen-bond donors (Lipinski definition) is 0. The van der Waals surface area contributed by atoms with Crippen molar-refractivity contribution in [3.8, 4) is 0 Å². The molecule has 1 nitrogen and oxygen atoms in total. The maximum atomic E-state index is 3.81. The van der Waals surface area contributed by atoms with Crippen molar-refractivity contribution in [2.75, 3.05) is 0 Å². The standard InChI is InChI=1S/C5H3BrN/c6-5-2-1-3-7-4-5/h1,3-4H. The Morgan fingerprint density at radius 2 is 2.57 bits per heavy atom. The highest BCUT2D eigenvalue weighted by atomic mass is 79.9. The molecule has 1 radical (unpaired) electrons. The van der Waals surface area contributed by atoms with E-state index in [0.29, 0.717) is 0 Å². The molecule has 1 aromatic heterocycles. The fraction of sp³-hybridized carbons (Fsp3) is 0. The van der Waals surface area contributed by atoms with E-state index >= 15 is 0 Å². The number of aromatic nitrogens is 1. The van der Waals surface area contributed by atoms with E-state index in [2.05, 4.69) is 27.0 Å². The highest BCUT2D eigenvalue weighted by Gasteiger charge is 1.76. The lowest BCUT2D eigenvalue weighted by Gasteiger charge is -1.79. The lowest BCUT2D eigenvalue weighted by atomic mass is 10.5. The van der Waals surface area contributed by atoms with Gasteiger partial charge >= 0.3 is 0 Å². The van der Waals surface area contributed by atoms with Crippen molar-refractivity contribution in [2.45, 2.75) is 0 Å². The Kier molecular flexibility index (Phi) is 1.42. The summed E-state index contributed by atoms with van der Waals surface area (Å²) in [5.41, 5.74) is 0. The van der Waals surface area contributed by atoms with Crippen LogP contribution in [0.25, 0.3) is 0 Å². The highest BCUT2D eigenvalue weighted by Crippen LogP contribution is 2.01. The molecule has 1 heterocycles. The molecule has 0 aliphatic rings. The van der Waals surface area contributed by atoms with Gasteiger partial charge in [-0.3, -0.25) is 4.98 Å². The summed E-state index contributed by atoms with van der Waals surface area (Å²) in [5.74, 6) is 0. The van der Waals surface area contributed by atoms with Gasteiger partial charge in [-0.1, -0.05) is 0 Å². The molecular formula is C5H3BrN. The normalized spacial score (nSPS) is 8.71. The van der Waals surface area contributed by atoms with E-state index < -0.39 is 0 Å². The molecule has 1 aromatic rings. The molecule has 7 heavy (non-hydrogen) atoms. The Morgan fingerprint density at radius 1 is 1.71 bits per heavy atom. The molecule has 0 aliphatic carbocycles. The second-order valence-corrected chi connectivity index (χ2v) is 1.94. The zero-order valence-corrected chi connectivity index (χ0v) is 5.14. The van der Waals surface area contributed by atoms with Crippen LogP contribution < -0.4 is 0 Å². The van der Waals surface area contributed by atoms with Crippen molar-refractivity contribution in [1.29, 1.82) is 0 Å². The van der Waals surface area contributed by atoms with Gasteiger partial charge in [0.05, 0.1) is 0 Å². The summed E-state index contributed by atoms with van der Waals surface area (Å²) in [4.78, 5) is 3.81. The molecule has 0 unspecified atom stereocenters. The highest BCUT2D eigenvalue weighted by molar-refractivity contribution is 9.10. The molecule has 0 saturated heterocycles. The largest absolute Gasteiger partial charge is 0.264 e. The quantitative estimate of drug-likeness (QED) is 0.557. The molecular weight excluding hydrogens is 154 g/mol. The maximum absolute atomic E-state index is 3.81. The summed E-state index contributed by atoms with van der Waals surface area (Å²) in [5, 5.41) is 0. The van der Waals surface area contributed by atoms with Gasteiger partial charge in [-0.25, -0.2) is 0 Å². The SMILES string of the molecule is Brc1[c]ccnc1. The van der Waals surface area contributed by atoms with Crippen LogP contribution in [-0.4, -0.2) is 4.98 Å². The zero-order chi connectivity index (χ0) is 5.11. The van der Waals surface area contributed by atoms with Crippen molar-refractivity contribution in [2.24, 2.45) is 0 Å². The average Bonchev–Trinajstić information content (AvgIpc) is 1.69. The molecule has 0 spiro atoms. The van der Waals surface area contributed by atoms with Crippen molar-refractivity contribution < 1.29 is 0 Å². The van der Waals surface area contributed by atoms with Gasteiger partial charge in [-0.2, -0.15) is 0 Å². The van der Waals surface area contributed by atoms with E-state index in [1.54, 1.807) is 18.5 Å². The third-order valence-corrected chi connectivity index (χ3v) is 1.00. The minimum Gasteiger partial charge on any atom is -0.264 e. The van der Waals surface area contributed by atoms with Crippen LogP contribution in [0.5, 0.6) is 0 Å². The third kappa shape index (κ3) is 1.27. The molecule has 0 aliphatic heterocycles. The molecule has 0 bridgehead atoms. The number of rotatable bonds is 0. The molecule has 0 N–H and O–H groups in total. The molecule has 0 amide bonds. The molecule has 0 fully saturated rings. The fourth-order valence-electron chi connectivity index (χ4n) is 0.306. The summed E-state index contributed by atoms with van der Waals surface area (Å²) in [6.07, 6.45) is 3.38. The smallest absolute Gasteiger partial charge is 0.0437 e. The van der Waals surface area contributed by atoms with Crippen molar-refractivity contribution in [1.82, 2.24) is 4.98 Å². The molecule has 2 heteroatoms. The van der Waals surface area contributed by atoms with Gasteiger partial charge < -0.3 is 0 Å². The van der Waals surface area contributed by atoms with Gasteiger partial charge in [-0.15, -0.1) is 0 Å².